The third-order valence-corrected chi connectivity index (χ3v) is 4.76. The zero-order valence-electron chi connectivity index (χ0n) is 17.2. The van der Waals surface area contributed by atoms with Crippen LogP contribution < -0.4 is 4.74 Å². The largest absolute Gasteiger partial charge is 0.493 e. The maximum atomic E-state index is 12.8. The number of hydrogen-bond acceptors (Lipinski definition) is 5. The van der Waals surface area contributed by atoms with Gasteiger partial charge in [-0.2, -0.15) is 0 Å². The quantitative estimate of drug-likeness (QED) is 0.443. The van der Waals surface area contributed by atoms with Gasteiger partial charge in [0.15, 0.2) is 6.61 Å². The Morgan fingerprint density at radius 1 is 1.17 bits per heavy atom. The highest BCUT2D eigenvalue weighted by molar-refractivity contribution is 5.90. The van der Waals surface area contributed by atoms with E-state index in [9.17, 15) is 9.59 Å². The van der Waals surface area contributed by atoms with Crippen LogP contribution >= 0.6 is 0 Å². The van der Waals surface area contributed by atoms with E-state index in [-0.39, 0.29) is 12.5 Å². The molecule has 1 aromatic heterocycles. The van der Waals surface area contributed by atoms with Gasteiger partial charge in [-0.15, -0.1) is 0 Å². The number of para-hydroxylation sites is 1. The Morgan fingerprint density at radius 3 is 2.77 bits per heavy atom. The summed E-state index contributed by atoms with van der Waals surface area (Å²) in [4.78, 5) is 26.6. The highest BCUT2D eigenvalue weighted by atomic mass is 16.5. The summed E-state index contributed by atoms with van der Waals surface area (Å²) in [5.74, 6) is 0.531. The number of esters is 1. The van der Waals surface area contributed by atoms with Gasteiger partial charge in [-0.05, 0) is 56.9 Å². The molecule has 0 bridgehead atoms. The number of furan rings is 1. The third-order valence-electron chi connectivity index (χ3n) is 4.76. The van der Waals surface area contributed by atoms with E-state index in [4.69, 9.17) is 13.9 Å². The minimum atomic E-state index is -0.578. The van der Waals surface area contributed by atoms with E-state index in [1.165, 1.54) is 6.08 Å². The Kier molecular flexibility index (Phi) is 7.89. The molecule has 1 aromatic carbocycles. The van der Waals surface area contributed by atoms with Gasteiger partial charge < -0.3 is 18.8 Å². The molecule has 30 heavy (non-hydrogen) atoms. The Balaban J connectivity index is 1.60. The van der Waals surface area contributed by atoms with Crippen molar-refractivity contribution in [2.75, 3.05) is 13.2 Å². The zero-order chi connectivity index (χ0) is 21.2. The van der Waals surface area contributed by atoms with E-state index in [1.54, 1.807) is 23.3 Å². The molecule has 1 aliphatic rings. The summed E-state index contributed by atoms with van der Waals surface area (Å²) in [5.41, 5.74) is 1.73. The van der Waals surface area contributed by atoms with Crippen LogP contribution in [0.1, 0.15) is 43.9 Å². The maximum absolute atomic E-state index is 12.8. The number of ether oxygens (including phenoxy) is 2. The minimum absolute atomic E-state index is 0.268. The van der Waals surface area contributed by atoms with Crippen molar-refractivity contribution in [3.05, 3.63) is 71.8 Å². The van der Waals surface area contributed by atoms with Crippen LogP contribution in [0.4, 0.5) is 0 Å². The fourth-order valence-corrected chi connectivity index (χ4v) is 3.30. The molecule has 1 amide bonds. The molecule has 0 aliphatic heterocycles. The second-order valence-electron chi connectivity index (χ2n) is 6.91. The van der Waals surface area contributed by atoms with E-state index in [0.717, 1.165) is 36.9 Å². The number of allylic oxidation sites excluding steroid dienone is 2. The maximum Gasteiger partial charge on any atom is 0.331 e. The molecule has 3 rings (SSSR count). The molecule has 0 atom stereocenters. The standard InChI is InChI=1S/C24H27NO5/c1-2-28-22-13-7-6-9-19(22)14-15-24(27)30-18-23(26)25(17-21-12-8-16-29-21)20-10-4-3-5-11-20/h6-10,12-16H,2-5,11,17-18H2,1H3/b15-14+. The SMILES string of the molecule is CCOc1ccccc1/C=C/C(=O)OCC(=O)N(Cc1ccco1)C1=CCCCC1. The summed E-state index contributed by atoms with van der Waals surface area (Å²) < 4.78 is 16.1. The monoisotopic (exact) mass is 409 g/mol. The van der Waals surface area contributed by atoms with Crippen LogP contribution in [0.25, 0.3) is 6.08 Å². The molecule has 158 valence electrons. The van der Waals surface area contributed by atoms with Crippen LogP contribution in [-0.4, -0.2) is 30.0 Å². The molecule has 6 heteroatoms. The minimum Gasteiger partial charge on any atom is -0.493 e. The van der Waals surface area contributed by atoms with E-state index in [0.29, 0.717) is 24.7 Å². The Morgan fingerprint density at radius 2 is 2.03 bits per heavy atom. The molecule has 0 saturated carbocycles. The van der Waals surface area contributed by atoms with Crippen LogP contribution in [0.3, 0.4) is 0 Å². The normalized spacial score (nSPS) is 13.7. The Hall–Kier alpha value is -3.28. The highest BCUT2D eigenvalue weighted by Gasteiger charge is 2.21. The van der Waals surface area contributed by atoms with Crippen LogP contribution in [0.5, 0.6) is 5.75 Å². The molecule has 2 aromatic rings. The average molecular weight is 409 g/mol. The van der Waals surface area contributed by atoms with E-state index >= 15 is 0 Å². The lowest BCUT2D eigenvalue weighted by Gasteiger charge is -2.26. The van der Waals surface area contributed by atoms with Crippen molar-refractivity contribution in [1.29, 1.82) is 0 Å². The van der Waals surface area contributed by atoms with Gasteiger partial charge in [0.05, 0.1) is 19.4 Å². The van der Waals surface area contributed by atoms with Gasteiger partial charge in [0.25, 0.3) is 5.91 Å². The first-order valence-electron chi connectivity index (χ1n) is 10.3. The first kappa shape index (κ1) is 21.4. The predicted molar refractivity (Wildman–Crippen MR) is 113 cm³/mol. The summed E-state index contributed by atoms with van der Waals surface area (Å²) in [6.45, 7) is 2.43. The van der Waals surface area contributed by atoms with Gasteiger partial charge >= 0.3 is 5.97 Å². The summed E-state index contributed by atoms with van der Waals surface area (Å²) in [7, 11) is 0. The fourth-order valence-electron chi connectivity index (χ4n) is 3.30. The lowest BCUT2D eigenvalue weighted by atomic mass is 10.0. The molecule has 0 N–H and O–H groups in total. The lowest BCUT2D eigenvalue weighted by molar-refractivity contribution is -0.147. The van der Waals surface area contributed by atoms with Gasteiger partial charge in [-0.1, -0.05) is 24.3 Å². The molecular formula is C24H27NO5. The van der Waals surface area contributed by atoms with Crippen LogP contribution in [0.2, 0.25) is 0 Å². The Labute approximate surface area is 176 Å². The summed E-state index contributed by atoms with van der Waals surface area (Å²) in [6, 6.07) is 11.0. The molecule has 0 unspecified atom stereocenters. The van der Waals surface area contributed by atoms with Crippen LogP contribution in [0, 0.1) is 0 Å². The number of hydrogen-bond donors (Lipinski definition) is 0. The van der Waals surface area contributed by atoms with Crippen molar-refractivity contribution < 1.29 is 23.5 Å². The van der Waals surface area contributed by atoms with Crippen molar-refractivity contribution in [2.45, 2.75) is 39.2 Å². The van der Waals surface area contributed by atoms with Gasteiger partial charge in [-0.3, -0.25) is 4.79 Å². The van der Waals surface area contributed by atoms with Gasteiger partial charge in [0.1, 0.15) is 11.5 Å². The third kappa shape index (κ3) is 6.11. The van der Waals surface area contributed by atoms with Crippen molar-refractivity contribution in [1.82, 2.24) is 4.90 Å². The van der Waals surface area contributed by atoms with Gasteiger partial charge in [0, 0.05) is 17.3 Å². The van der Waals surface area contributed by atoms with E-state index in [1.807, 2.05) is 37.3 Å². The molecule has 1 heterocycles. The molecule has 0 radical (unpaired) electrons. The van der Waals surface area contributed by atoms with Gasteiger partial charge in [-0.25, -0.2) is 4.79 Å². The fraction of sp³-hybridized carbons (Fsp3) is 0.333. The molecule has 0 saturated heterocycles. The summed E-state index contributed by atoms with van der Waals surface area (Å²) in [5, 5.41) is 0. The molecule has 6 nitrogen and oxygen atoms in total. The summed E-state index contributed by atoms with van der Waals surface area (Å²) >= 11 is 0. The summed E-state index contributed by atoms with van der Waals surface area (Å²) in [6.07, 6.45) is 10.5. The second kappa shape index (κ2) is 11.0. The molecular weight excluding hydrogens is 382 g/mol. The number of carbonyl (C=O) groups is 2. The highest BCUT2D eigenvalue weighted by Crippen LogP contribution is 2.23. The van der Waals surface area contributed by atoms with E-state index in [2.05, 4.69) is 6.08 Å². The number of nitrogens with zero attached hydrogens (tertiary/aromatic N) is 1. The molecule has 1 aliphatic carbocycles. The zero-order valence-corrected chi connectivity index (χ0v) is 17.2. The molecule has 0 fully saturated rings. The predicted octanol–water partition coefficient (Wildman–Crippen LogP) is 4.72. The van der Waals surface area contributed by atoms with Crippen LogP contribution in [0.15, 0.2) is 64.9 Å². The van der Waals surface area contributed by atoms with Gasteiger partial charge in [0.2, 0.25) is 0 Å². The number of amides is 1. The first-order valence-corrected chi connectivity index (χ1v) is 10.3. The Bertz CT molecular complexity index is 898. The number of rotatable bonds is 9. The van der Waals surface area contributed by atoms with Crippen molar-refractivity contribution in [3.8, 4) is 5.75 Å². The molecule has 0 spiro atoms. The van der Waals surface area contributed by atoms with Crippen molar-refractivity contribution in [2.24, 2.45) is 0 Å². The number of benzene rings is 1. The van der Waals surface area contributed by atoms with Crippen molar-refractivity contribution >= 4 is 18.0 Å². The van der Waals surface area contributed by atoms with Crippen LogP contribution in [-0.2, 0) is 20.9 Å². The number of carbonyl (C=O) groups excluding carboxylic acids is 2. The second-order valence-corrected chi connectivity index (χ2v) is 6.91. The first-order chi connectivity index (χ1) is 14.7. The average Bonchev–Trinajstić information content (AvgIpc) is 3.29. The topological polar surface area (TPSA) is 69.0 Å². The van der Waals surface area contributed by atoms with E-state index < -0.39 is 5.97 Å². The smallest absolute Gasteiger partial charge is 0.331 e. The lowest BCUT2D eigenvalue weighted by Crippen LogP contribution is -2.34. The van der Waals surface area contributed by atoms with Crippen molar-refractivity contribution in [3.63, 3.8) is 0 Å².